The number of anilines is 1. The van der Waals surface area contributed by atoms with Gasteiger partial charge in [-0.1, -0.05) is 11.6 Å². The first-order chi connectivity index (χ1) is 12.6. The number of aliphatic hydroxyl groups is 1. The van der Waals surface area contributed by atoms with Gasteiger partial charge in [-0.3, -0.25) is 4.90 Å². The SMILES string of the molecule is O=C(Nc1cc(F)ccc1Cl)N1CCN(Cc2ccco2)[C@@H](CCO)C1. The van der Waals surface area contributed by atoms with Crippen LogP contribution < -0.4 is 5.32 Å². The first-order valence-corrected chi connectivity index (χ1v) is 8.83. The molecule has 1 aromatic carbocycles. The molecule has 1 atom stereocenters. The Balaban J connectivity index is 1.64. The van der Waals surface area contributed by atoms with Crippen molar-refractivity contribution in [1.29, 1.82) is 0 Å². The predicted octanol–water partition coefficient (Wildman–Crippen LogP) is 3.17. The van der Waals surface area contributed by atoms with Gasteiger partial charge in [0.15, 0.2) is 0 Å². The molecular weight excluding hydrogens is 361 g/mol. The molecule has 1 saturated heterocycles. The van der Waals surface area contributed by atoms with Crippen molar-refractivity contribution in [3.8, 4) is 0 Å². The maximum atomic E-state index is 13.4. The molecule has 0 radical (unpaired) electrons. The van der Waals surface area contributed by atoms with Crippen LogP contribution in [0.15, 0.2) is 41.0 Å². The quantitative estimate of drug-likeness (QED) is 0.834. The van der Waals surface area contributed by atoms with Crippen molar-refractivity contribution in [2.75, 3.05) is 31.6 Å². The van der Waals surface area contributed by atoms with Crippen LogP contribution in [0, 0.1) is 5.82 Å². The van der Waals surface area contributed by atoms with Gasteiger partial charge in [0.2, 0.25) is 0 Å². The van der Waals surface area contributed by atoms with Gasteiger partial charge in [-0.2, -0.15) is 0 Å². The minimum atomic E-state index is -0.467. The van der Waals surface area contributed by atoms with Crippen molar-refractivity contribution in [1.82, 2.24) is 9.80 Å². The van der Waals surface area contributed by atoms with Crippen LogP contribution >= 0.6 is 11.6 Å². The number of carbonyl (C=O) groups excluding carboxylic acids is 1. The summed E-state index contributed by atoms with van der Waals surface area (Å²) in [7, 11) is 0. The lowest BCUT2D eigenvalue weighted by Gasteiger charge is -2.41. The van der Waals surface area contributed by atoms with E-state index in [-0.39, 0.29) is 29.4 Å². The molecule has 2 amide bonds. The summed E-state index contributed by atoms with van der Waals surface area (Å²) in [5.74, 6) is 0.378. The minimum Gasteiger partial charge on any atom is -0.468 e. The zero-order chi connectivity index (χ0) is 18.5. The van der Waals surface area contributed by atoms with Crippen LogP contribution in [0.1, 0.15) is 12.2 Å². The third-order valence-corrected chi connectivity index (χ3v) is 4.79. The highest BCUT2D eigenvalue weighted by molar-refractivity contribution is 6.33. The molecule has 2 aromatic rings. The fraction of sp³-hybridized carbons (Fsp3) is 0.389. The molecular formula is C18H21ClFN3O3. The zero-order valence-electron chi connectivity index (χ0n) is 14.2. The van der Waals surface area contributed by atoms with Gasteiger partial charge in [0.1, 0.15) is 11.6 Å². The summed E-state index contributed by atoms with van der Waals surface area (Å²) in [5.41, 5.74) is 0.244. The Bertz CT molecular complexity index is 741. The highest BCUT2D eigenvalue weighted by atomic mass is 35.5. The van der Waals surface area contributed by atoms with Gasteiger partial charge >= 0.3 is 6.03 Å². The molecule has 6 nitrogen and oxygen atoms in total. The Morgan fingerprint density at radius 1 is 1.38 bits per heavy atom. The number of piperazine rings is 1. The third-order valence-electron chi connectivity index (χ3n) is 4.46. The van der Waals surface area contributed by atoms with Crippen LogP contribution in [-0.2, 0) is 6.54 Å². The summed E-state index contributed by atoms with van der Waals surface area (Å²) >= 11 is 6.01. The average Bonchev–Trinajstić information content (AvgIpc) is 3.13. The predicted molar refractivity (Wildman–Crippen MR) is 96.6 cm³/mol. The highest BCUT2D eigenvalue weighted by Crippen LogP contribution is 2.24. The summed E-state index contributed by atoms with van der Waals surface area (Å²) in [6.07, 6.45) is 2.17. The molecule has 0 unspecified atom stereocenters. The molecule has 0 saturated carbocycles. The maximum absolute atomic E-state index is 13.4. The summed E-state index contributed by atoms with van der Waals surface area (Å²) in [5, 5.41) is 12.3. The smallest absolute Gasteiger partial charge is 0.321 e. The second-order valence-corrected chi connectivity index (χ2v) is 6.62. The van der Waals surface area contributed by atoms with Crippen molar-refractivity contribution in [3.05, 3.63) is 53.2 Å². The van der Waals surface area contributed by atoms with Crippen LogP contribution in [0.4, 0.5) is 14.9 Å². The van der Waals surface area contributed by atoms with Crippen LogP contribution in [0.3, 0.4) is 0 Å². The molecule has 0 bridgehead atoms. The number of amides is 2. The number of nitrogens with one attached hydrogen (secondary N) is 1. The molecule has 1 fully saturated rings. The second-order valence-electron chi connectivity index (χ2n) is 6.22. The topological polar surface area (TPSA) is 69.0 Å². The average molecular weight is 382 g/mol. The largest absolute Gasteiger partial charge is 0.468 e. The number of furan rings is 1. The number of halogens is 2. The fourth-order valence-corrected chi connectivity index (χ4v) is 3.26. The Kier molecular flexibility index (Phi) is 6.13. The normalized spacial score (nSPS) is 18.1. The summed E-state index contributed by atoms with van der Waals surface area (Å²) in [6, 6.07) is 7.25. The lowest BCUT2D eigenvalue weighted by Crippen LogP contribution is -2.55. The van der Waals surface area contributed by atoms with E-state index >= 15 is 0 Å². The van der Waals surface area contributed by atoms with Crippen molar-refractivity contribution < 1.29 is 18.7 Å². The monoisotopic (exact) mass is 381 g/mol. The van der Waals surface area contributed by atoms with E-state index in [9.17, 15) is 14.3 Å². The van der Waals surface area contributed by atoms with Gasteiger partial charge in [-0.05, 0) is 36.8 Å². The first kappa shape index (κ1) is 18.7. The van der Waals surface area contributed by atoms with E-state index in [0.717, 1.165) is 5.76 Å². The van der Waals surface area contributed by atoms with E-state index in [0.29, 0.717) is 32.6 Å². The number of benzene rings is 1. The highest BCUT2D eigenvalue weighted by Gasteiger charge is 2.30. The van der Waals surface area contributed by atoms with Crippen LogP contribution in [0.25, 0.3) is 0 Å². The summed E-state index contributed by atoms with van der Waals surface area (Å²) in [6.45, 7) is 2.28. The molecule has 26 heavy (non-hydrogen) atoms. The first-order valence-electron chi connectivity index (χ1n) is 8.45. The number of rotatable bonds is 5. The van der Waals surface area contributed by atoms with Crippen molar-refractivity contribution in [2.24, 2.45) is 0 Å². The standard InChI is InChI=1S/C18H21ClFN3O3/c19-16-4-3-13(20)10-17(16)21-18(25)23-7-6-22(14(11-23)5-8-24)12-15-2-1-9-26-15/h1-4,9-10,14,24H,5-8,11-12H2,(H,21,25)/t14-/m0/s1. The van der Waals surface area contributed by atoms with Crippen molar-refractivity contribution in [2.45, 2.75) is 19.0 Å². The molecule has 8 heteroatoms. The number of carbonyl (C=O) groups is 1. The van der Waals surface area contributed by atoms with Gasteiger partial charge in [0.25, 0.3) is 0 Å². The molecule has 2 heterocycles. The van der Waals surface area contributed by atoms with Gasteiger partial charge in [-0.25, -0.2) is 9.18 Å². The lowest BCUT2D eigenvalue weighted by molar-refractivity contribution is 0.0669. The molecule has 2 N–H and O–H groups in total. The molecule has 1 aliphatic heterocycles. The fourth-order valence-electron chi connectivity index (χ4n) is 3.10. The van der Waals surface area contributed by atoms with Crippen LogP contribution in [0.5, 0.6) is 0 Å². The maximum Gasteiger partial charge on any atom is 0.321 e. The molecule has 0 spiro atoms. The molecule has 3 rings (SSSR count). The Morgan fingerprint density at radius 3 is 2.96 bits per heavy atom. The number of aliphatic hydroxyl groups excluding tert-OH is 1. The van der Waals surface area contributed by atoms with Crippen molar-refractivity contribution >= 4 is 23.3 Å². The number of nitrogens with zero attached hydrogens (tertiary/aromatic N) is 2. The van der Waals surface area contributed by atoms with Gasteiger partial charge in [0, 0.05) is 32.3 Å². The number of urea groups is 1. The molecule has 1 aliphatic rings. The third kappa shape index (κ3) is 4.55. The van der Waals surface area contributed by atoms with E-state index in [1.54, 1.807) is 11.2 Å². The minimum absolute atomic E-state index is 0.00702. The molecule has 140 valence electrons. The van der Waals surface area contributed by atoms with Gasteiger partial charge in [0.05, 0.1) is 23.5 Å². The van der Waals surface area contributed by atoms with E-state index in [1.165, 1.54) is 18.2 Å². The van der Waals surface area contributed by atoms with Gasteiger partial charge in [-0.15, -0.1) is 0 Å². The lowest BCUT2D eigenvalue weighted by atomic mass is 10.1. The second kappa shape index (κ2) is 8.53. The zero-order valence-corrected chi connectivity index (χ0v) is 15.0. The Hall–Kier alpha value is -2.09. The number of hydrogen-bond donors (Lipinski definition) is 2. The van der Waals surface area contributed by atoms with E-state index in [2.05, 4.69) is 10.2 Å². The van der Waals surface area contributed by atoms with Crippen LogP contribution in [-0.4, -0.2) is 53.2 Å². The summed E-state index contributed by atoms with van der Waals surface area (Å²) in [4.78, 5) is 16.4. The summed E-state index contributed by atoms with van der Waals surface area (Å²) < 4.78 is 18.8. The van der Waals surface area contributed by atoms with Crippen LogP contribution in [0.2, 0.25) is 5.02 Å². The van der Waals surface area contributed by atoms with E-state index < -0.39 is 5.82 Å². The van der Waals surface area contributed by atoms with E-state index in [4.69, 9.17) is 16.0 Å². The van der Waals surface area contributed by atoms with E-state index in [1.807, 2.05) is 12.1 Å². The molecule has 1 aromatic heterocycles. The Morgan fingerprint density at radius 2 is 2.23 bits per heavy atom. The number of hydrogen-bond acceptors (Lipinski definition) is 4. The van der Waals surface area contributed by atoms with Gasteiger partial charge < -0.3 is 19.7 Å². The molecule has 0 aliphatic carbocycles. The Labute approximate surface area is 156 Å². The van der Waals surface area contributed by atoms with Crippen molar-refractivity contribution in [3.63, 3.8) is 0 Å².